The standard InChI is InChI=1S/C9H9ClFNO2/c10-8-3-6(7(11)4-12-8)9(13)1-2-14-5-9/h3-4,13H,1-2,5H2. The van der Waals surface area contributed by atoms with E-state index in [4.69, 9.17) is 16.3 Å². The van der Waals surface area contributed by atoms with Crippen LogP contribution in [0.3, 0.4) is 0 Å². The van der Waals surface area contributed by atoms with Crippen LogP contribution in [0.5, 0.6) is 0 Å². The molecule has 0 bridgehead atoms. The fourth-order valence-corrected chi connectivity index (χ4v) is 1.69. The van der Waals surface area contributed by atoms with E-state index in [0.29, 0.717) is 13.0 Å². The topological polar surface area (TPSA) is 42.4 Å². The van der Waals surface area contributed by atoms with Crippen LogP contribution >= 0.6 is 11.6 Å². The highest BCUT2D eigenvalue weighted by molar-refractivity contribution is 6.29. The molecule has 1 aliphatic heterocycles. The van der Waals surface area contributed by atoms with Gasteiger partial charge in [0, 0.05) is 18.6 Å². The number of ether oxygens (including phenoxy) is 1. The summed E-state index contributed by atoms with van der Waals surface area (Å²) in [5.74, 6) is -0.553. The molecule has 2 heterocycles. The number of pyridine rings is 1. The molecular weight excluding hydrogens is 209 g/mol. The molecule has 1 aromatic rings. The van der Waals surface area contributed by atoms with Crippen molar-refractivity contribution in [2.75, 3.05) is 13.2 Å². The second kappa shape index (κ2) is 3.46. The molecule has 0 saturated carbocycles. The highest BCUT2D eigenvalue weighted by atomic mass is 35.5. The van der Waals surface area contributed by atoms with Crippen molar-refractivity contribution in [3.63, 3.8) is 0 Å². The van der Waals surface area contributed by atoms with E-state index in [9.17, 15) is 9.50 Å². The lowest BCUT2D eigenvalue weighted by molar-refractivity contribution is 0.0201. The molecule has 76 valence electrons. The Balaban J connectivity index is 2.44. The van der Waals surface area contributed by atoms with E-state index >= 15 is 0 Å². The fourth-order valence-electron chi connectivity index (χ4n) is 1.54. The number of hydrogen-bond donors (Lipinski definition) is 1. The predicted molar refractivity (Wildman–Crippen MR) is 48.5 cm³/mol. The summed E-state index contributed by atoms with van der Waals surface area (Å²) in [6, 6.07) is 1.34. The highest BCUT2D eigenvalue weighted by Crippen LogP contribution is 2.32. The summed E-state index contributed by atoms with van der Waals surface area (Å²) in [5, 5.41) is 10.2. The zero-order chi connectivity index (χ0) is 10.2. The number of aromatic nitrogens is 1. The molecule has 1 aliphatic rings. The van der Waals surface area contributed by atoms with Crippen molar-refractivity contribution < 1.29 is 14.2 Å². The molecular formula is C9H9ClFNO2. The first-order chi connectivity index (χ1) is 6.62. The molecule has 5 heteroatoms. The predicted octanol–water partition coefficient (Wildman–Crippen LogP) is 1.48. The summed E-state index contributed by atoms with van der Waals surface area (Å²) in [4.78, 5) is 3.58. The number of halogens is 2. The maximum absolute atomic E-state index is 13.3. The van der Waals surface area contributed by atoms with Crippen molar-refractivity contribution in [2.24, 2.45) is 0 Å². The molecule has 0 amide bonds. The van der Waals surface area contributed by atoms with Gasteiger partial charge < -0.3 is 9.84 Å². The Kier molecular flexibility index (Phi) is 2.43. The summed E-state index contributed by atoms with van der Waals surface area (Å²) < 4.78 is 18.4. The van der Waals surface area contributed by atoms with Gasteiger partial charge in [-0.15, -0.1) is 0 Å². The van der Waals surface area contributed by atoms with Crippen LogP contribution in [-0.4, -0.2) is 23.3 Å². The lowest BCUT2D eigenvalue weighted by Crippen LogP contribution is -2.27. The van der Waals surface area contributed by atoms with Crippen LogP contribution in [0.15, 0.2) is 12.3 Å². The first-order valence-electron chi connectivity index (χ1n) is 4.23. The highest BCUT2D eigenvalue weighted by Gasteiger charge is 2.36. The zero-order valence-electron chi connectivity index (χ0n) is 7.33. The molecule has 1 N–H and O–H groups in total. The number of hydrogen-bond acceptors (Lipinski definition) is 3. The molecule has 0 aliphatic carbocycles. The molecule has 1 unspecified atom stereocenters. The zero-order valence-corrected chi connectivity index (χ0v) is 8.09. The molecule has 1 aromatic heterocycles. The summed E-state index contributed by atoms with van der Waals surface area (Å²) in [5.41, 5.74) is -1.09. The first kappa shape index (κ1) is 9.83. The molecule has 0 aromatic carbocycles. The molecule has 2 rings (SSSR count). The molecule has 0 spiro atoms. The Morgan fingerprint density at radius 3 is 3.07 bits per heavy atom. The maximum Gasteiger partial charge on any atom is 0.147 e. The number of nitrogens with zero attached hydrogens (tertiary/aromatic N) is 1. The Bertz CT molecular complexity index is 353. The van der Waals surface area contributed by atoms with E-state index in [-0.39, 0.29) is 17.3 Å². The molecule has 3 nitrogen and oxygen atoms in total. The van der Waals surface area contributed by atoms with Crippen LogP contribution < -0.4 is 0 Å². The van der Waals surface area contributed by atoms with Gasteiger partial charge in [-0.1, -0.05) is 11.6 Å². The van der Waals surface area contributed by atoms with E-state index in [1.165, 1.54) is 6.07 Å². The minimum Gasteiger partial charge on any atom is -0.383 e. The van der Waals surface area contributed by atoms with E-state index in [1.807, 2.05) is 0 Å². The summed E-state index contributed by atoms with van der Waals surface area (Å²) >= 11 is 5.63. The second-order valence-corrected chi connectivity index (χ2v) is 3.71. The van der Waals surface area contributed by atoms with Crippen LogP contribution in [0, 0.1) is 5.82 Å². The fraction of sp³-hybridized carbons (Fsp3) is 0.444. The number of rotatable bonds is 1. The van der Waals surface area contributed by atoms with Crippen LogP contribution in [0.25, 0.3) is 0 Å². The van der Waals surface area contributed by atoms with Gasteiger partial charge in [0.05, 0.1) is 12.8 Å². The van der Waals surface area contributed by atoms with Gasteiger partial charge in [-0.3, -0.25) is 0 Å². The van der Waals surface area contributed by atoms with Crippen LogP contribution in [0.1, 0.15) is 12.0 Å². The Labute approximate surface area is 85.5 Å². The van der Waals surface area contributed by atoms with Crippen molar-refractivity contribution in [1.29, 1.82) is 0 Å². The van der Waals surface area contributed by atoms with E-state index < -0.39 is 11.4 Å². The van der Waals surface area contributed by atoms with Gasteiger partial charge in [-0.2, -0.15) is 0 Å². The average Bonchev–Trinajstić information content (AvgIpc) is 2.58. The Hall–Kier alpha value is -0.710. The van der Waals surface area contributed by atoms with Crippen LogP contribution in [0.4, 0.5) is 4.39 Å². The average molecular weight is 218 g/mol. The minimum absolute atomic E-state index is 0.101. The molecule has 0 radical (unpaired) electrons. The van der Waals surface area contributed by atoms with Gasteiger partial charge >= 0.3 is 0 Å². The third-order valence-corrected chi connectivity index (χ3v) is 2.53. The monoisotopic (exact) mass is 217 g/mol. The molecule has 1 atom stereocenters. The van der Waals surface area contributed by atoms with Crippen LogP contribution in [0.2, 0.25) is 5.15 Å². The van der Waals surface area contributed by atoms with Gasteiger partial charge in [-0.05, 0) is 6.07 Å². The lowest BCUT2D eigenvalue weighted by atomic mass is 9.94. The van der Waals surface area contributed by atoms with Crippen molar-refractivity contribution in [3.8, 4) is 0 Å². The third kappa shape index (κ3) is 1.61. The van der Waals surface area contributed by atoms with Crippen molar-refractivity contribution in [2.45, 2.75) is 12.0 Å². The minimum atomic E-state index is -1.25. The lowest BCUT2D eigenvalue weighted by Gasteiger charge is -2.21. The largest absolute Gasteiger partial charge is 0.383 e. The quantitative estimate of drug-likeness (QED) is 0.725. The smallest absolute Gasteiger partial charge is 0.147 e. The Morgan fingerprint density at radius 1 is 1.64 bits per heavy atom. The van der Waals surface area contributed by atoms with Crippen LogP contribution in [-0.2, 0) is 10.3 Å². The SMILES string of the molecule is OC1(c2cc(Cl)ncc2F)CCOC1. The van der Waals surface area contributed by atoms with Gasteiger partial charge in [0.25, 0.3) is 0 Å². The Morgan fingerprint density at radius 2 is 2.43 bits per heavy atom. The van der Waals surface area contributed by atoms with Gasteiger partial charge in [0.15, 0.2) is 0 Å². The second-order valence-electron chi connectivity index (χ2n) is 3.32. The summed E-state index contributed by atoms with van der Waals surface area (Å²) in [6.07, 6.45) is 1.39. The first-order valence-corrected chi connectivity index (χ1v) is 4.61. The van der Waals surface area contributed by atoms with E-state index in [1.54, 1.807) is 0 Å². The van der Waals surface area contributed by atoms with Crippen molar-refractivity contribution >= 4 is 11.6 Å². The summed E-state index contributed by atoms with van der Waals surface area (Å²) in [7, 11) is 0. The van der Waals surface area contributed by atoms with Crippen molar-refractivity contribution in [1.82, 2.24) is 4.98 Å². The maximum atomic E-state index is 13.3. The van der Waals surface area contributed by atoms with E-state index in [0.717, 1.165) is 6.20 Å². The van der Waals surface area contributed by atoms with E-state index in [2.05, 4.69) is 4.98 Å². The summed E-state index contributed by atoms with van der Waals surface area (Å²) in [6.45, 7) is 0.528. The van der Waals surface area contributed by atoms with Gasteiger partial charge in [-0.25, -0.2) is 9.37 Å². The molecule has 14 heavy (non-hydrogen) atoms. The van der Waals surface area contributed by atoms with Gasteiger partial charge in [0.2, 0.25) is 0 Å². The number of aliphatic hydroxyl groups is 1. The third-order valence-electron chi connectivity index (χ3n) is 2.32. The molecule has 1 saturated heterocycles. The molecule has 1 fully saturated rings. The van der Waals surface area contributed by atoms with Gasteiger partial charge in [0.1, 0.15) is 16.6 Å². The normalized spacial score (nSPS) is 26.8. The van der Waals surface area contributed by atoms with Crippen molar-refractivity contribution in [3.05, 3.63) is 28.8 Å².